The van der Waals surface area contributed by atoms with Gasteiger partial charge in [0.1, 0.15) is 6.10 Å². The van der Waals surface area contributed by atoms with E-state index in [1.54, 1.807) is 0 Å². The van der Waals surface area contributed by atoms with Crippen molar-refractivity contribution >= 4 is 5.97 Å². The summed E-state index contributed by atoms with van der Waals surface area (Å²) in [7, 11) is 0. The SMILES string of the molecule is C=C(CO)C(=O)O[C@H]1CC[C@@]2(C)[C@@H](CC[C@@H]3[C@@H]2CC[C@]2(C)[C@@H]([C@H](C)CC[C@@H](C)C(C)C)CC[C@@H]32)C1. The van der Waals surface area contributed by atoms with Crippen molar-refractivity contribution in [3.05, 3.63) is 12.2 Å². The van der Waals surface area contributed by atoms with Gasteiger partial charge in [-0.2, -0.15) is 0 Å². The highest BCUT2D eigenvalue weighted by Crippen LogP contribution is 2.68. The van der Waals surface area contributed by atoms with Gasteiger partial charge in [0.25, 0.3) is 0 Å². The smallest absolute Gasteiger partial charge is 0.336 e. The van der Waals surface area contributed by atoms with Gasteiger partial charge in [-0.15, -0.1) is 0 Å². The molecule has 0 aliphatic heterocycles. The molecule has 10 atom stereocenters. The highest BCUT2D eigenvalue weighted by Gasteiger charge is 2.60. The lowest BCUT2D eigenvalue weighted by molar-refractivity contribution is -0.159. The van der Waals surface area contributed by atoms with Crippen molar-refractivity contribution in [2.75, 3.05) is 6.61 Å². The van der Waals surface area contributed by atoms with Crippen molar-refractivity contribution in [2.24, 2.45) is 58.2 Å². The van der Waals surface area contributed by atoms with Crippen LogP contribution in [-0.4, -0.2) is 23.8 Å². The number of hydrogen-bond acceptors (Lipinski definition) is 3. The number of esters is 1. The predicted molar refractivity (Wildman–Crippen MR) is 144 cm³/mol. The molecule has 4 saturated carbocycles. The number of carbonyl (C=O) groups is 1. The lowest BCUT2D eigenvalue weighted by Gasteiger charge is -2.61. The monoisotopic (exact) mass is 486 g/mol. The van der Waals surface area contributed by atoms with E-state index in [1.165, 1.54) is 57.8 Å². The average molecular weight is 487 g/mol. The molecule has 4 rings (SSSR count). The zero-order valence-corrected chi connectivity index (χ0v) is 23.7. The maximum Gasteiger partial charge on any atom is 0.336 e. The molecule has 0 aromatic heterocycles. The molecular weight excluding hydrogens is 432 g/mol. The van der Waals surface area contributed by atoms with Gasteiger partial charge in [0.15, 0.2) is 0 Å². The van der Waals surface area contributed by atoms with Crippen LogP contribution in [0.3, 0.4) is 0 Å². The molecule has 4 aliphatic carbocycles. The van der Waals surface area contributed by atoms with E-state index in [1.807, 2.05) is 0 Å². The Balaban J connectivity index is 1.40. The lowest BCUT2D eigenvalue weighted by atomic mass is 9.44. The van der Waals surface area contributed by atoms with Crippen molar-refractivity contribution < 1.29 is 14.6 Å². The van der Waals surface area contributed by atoms with E-state index >= 15 is 0 Å². The van der Waals surface area contributed by atoms with E-state index in [2.05, 4.69) is 48.1 Å². The van der Waals surface area contributed by atoms with Crippen LogP contribution in [-0.2, 0) is 9.53 Å². The number of rotatable bonds is 8. The molecule has 3 heteroatoms. The lowest BCUT2D eigenvalue weighted by Crippen LogP contribution is -2.54. The number of hydrogen-bond donors (Lipinski definition) is 1. The third kappa shape index (κ3) is 5.01. The minimum atomic E-state index is -0.405. The minimum absolute atomic E-state index is 0.000720. The third-order valence-corrected chi connectivity index (χ3v) is 12.3. The van der Waals surface area contributed by atoms with Crippen LogP contribution >= 0.6 is 0 Å². The highest BCUT2D eigenvalue weighted by molar-refractivity contribution is 5.88. The molecule has 0 aromatic carbocycles. The van der Waals surface area contributed by atoms with Crippen LogP contribution in [0.15, 0.2) is 12.2 Å². The second-order valence-corrected chi connectivity index (χ2v) is 14.2. The number of ether oxygens (including phenoxy) is 1. The molecule has 4 fully saturated rings. The Morgan fingerprint density at radius 1 is 0.943 bits per heavy atom. The molecule has 1 N–H and O–H groups in total. The Morgan fingerprint density at radius 3 is 2.31 bits per heavy atom. The van der Waals surface area contributed by atoms with Crippen molar-refractivity contribution in [1.82, 2.24) is 0 Å². The topological polar surface area (TPSA) is 46.5 Å². The Bertz CT molecular complexity index is 773. The summed E-state index contributed by atoms with van der Waals surface area (Å²) in [5.74, 6) is 6.32. The van der Waals surface area contributed by atoms with Crippen LogP contribution in [0.2, 0.25) is 0 Å². The molecule has 4 aliphatic rings. The summed E-state index contributed by atoms with van der Waals surface area (Å²) >= 11 is 0. The highest BCUT2D eigenvalue weighted by atomic mass is 16.5. The normalized spacial score (nSPS) is 42.5. The van der Waals surface area contributed by atoms with Gasteiger partial charge in [-0.05, 0) is 116 Å². The summed E-state index contributed by atoms with van der Waals surface area (Å²) < 4.78 is 5.76. The van der Waals surface area contributed by atoms with E-state index < -0.39 is 5.97 Å². The zero-order chi connectivity index (χ0) is 25.5. The summed E-state index contributed by atoms with van der Waals surface area (Å²) in [5, 5.41) is 9.22. The second-order valence-electron chi connectivity index (χ2n) is 14.2. The van der Waals surface area contributed by atoms with Crippen LogP contribution in [0.25, 0.3) is 0 Å². The van der Waals surface area contributed by atoms with E-state index in [0.717, 1.165) is 54.3 Å². The zero-order valence-electron chi connectivity index (χ0n) is 23.7. The van der Waals surface area contributed by atoms with Gasteiger partial charge in [0, 0.05) is 0 Å². The Hall–Kier alpha value is -0.830. The van der Waals surface area contributed by atoms with E-state index in [-0.39, 0.29) is 18.3 Å². The van der Waals surface area contributed by atoms with Gasteiger partial charge in [0.2, 0.25) is 0 Å². The Kier molecular flexibility index (Phi) is 8.17. The largest absolute Gasteiger partial charge is 0.459 e. The van der Waals surface area contributed by atoms with Gasteiger partial charge >= 0.3 is 5.97 Å². The molecule has 0 amide bonds. The van der Waals surface area contributed by atoms with E-state index in [9.17, 15) is 9.90 Å². The summed E-state index contributed by atoms with van der Waals surface area (Å²) in [6, 6.07) is 0. The van der Waals surface area contributed by atoms with Gasteiger partial charge in [0.05, 0.1) is 12.2 Å². The van der Waals surface area contributed by atoms with Crippen molar-refractivity contribution in [1.29, 1.82) is 0 Å². The molecule has 0 heterocycles. The molecule has 0 radical (unpaired) electrons. The van der Waals surface area contributed by atoms with Crippen molar-refractivity contribution in [3.8, 4) is 0 Å². The Morgan fingerprint density at radius 2 is 1.63 bits per heavy atom. The summed E-state index contributed by atoms with van der Waals surface area (Å²) in [4.78, 5) is 12.2. The fraction of sp³-hybridized carbons (Fsp3) is 0.906. The molecule has 35 heavy (non-hydrogen) atoms. The van der Waals surface area contributed by atoms with Gasteiger partial charge in [-0.25, -0.2) is 4.79 Å². The fourth-order valence-corrected chi connectivity index (χ4v) is 9.66. The van der Waals surface area contributed by atoms with Crippen LogP contribution < -0.4 is 0 Å². The van der Waals surface area contributed by atoms with Crippen LogP contribution in [0.5, 0.6) is 0 Å². The number of aliphatic hydroxyl groups excluding tert-OH is 1. The van der Waals surface area contributed by atoms with Gasteiger partial charge in [-0.1, -0.05) is 61.0 Å². The first-order valence-corrected chi connectivity index (χ1v) is 15.0. The fourth-order valence-electron chi connectivity index (χ4n) is 9.66. The molecule has 0 spiro atoms. The first kappa shape index (κ1) is 27.2. The van der Waals surface area contributed by atoms with Crippen LogP contribution in [0.1, 0.15) is 112 Å². The first-order chi connectivity index (χ1) is 16.5. The molecule has 0 unspecified atom stereocenters. The van der Waals surface area contributed by atoms with Crippen LogP contribution in [0, 0.1) is 58.2 Å². The second kappa shape index (κ2) is 10.5. The maximum absolute atomic E-state index is 12.2. The molecule has 3 nitrogen and oxygen atoms in total. The molecule has 200 valence electrons. The molecule has 0 saturated heterocycles. The number of carbonyl (C=O) groups excluding carboxylic acids is 1. The molecule has 0 bridgehead atoms. The van der Waals surface area contributed by atoms with Gasteiger partial charge in [-0.3, -0.25) is 0 Å². The number of aliphatic hydroxyl groups is 1. The van der Waals surface area contributed by atoms with Crippen molar-refractivity contribution in [2.45, 2.75) is 118 Å². The summed E-state index contributed by atoms with van der Waals surface area (Å²) in [6.07, 6.45) is 14.3. The Labute approximate surface area is 215 Å². The minimum Gasteiger partial charge on any atom is -0.459 e. The quantitative estimate of drug-likeness (QED) is 0.281. The summed E-state index contributed by atoms with van der Waals surface area (Å²) in [5.41, 5.74) is 1.12. The molecule has 0 aromatic rings. The maximum atomic E-state index is 12.2. The first-order valence-electron chi connectivity index (χ1n) is 15.0. The predicted octanol–water partition coefficient (Wildman–Crippen LogP) is 7.81. The van der Waals surface area contributed by atoms with Gasteiger partial charge < -0.3 is 9.84 Å². The van der Waals surface area contributed by atoms with E-state index in [0.29, 0.717) is 16.7 Å². The van der Waals surface area contributed by atoms with Crippen molar-refractivity contribution in [3.63, 3.8) is 0 Å². The third-order valence-electron chi connectivity index (χ3n) is 12.3. The summed E-state index contributed by atoms with van der Waals surface area (Å²) in [6.45, 7) is 18.4. The van der Waals surface area contributed by atoms with E-state index in [4.69, 9.17) is 4.74 Å². The average Bonchev–Trinajstić information content (AvgIpc) is 3.19. The number of fused-ring (bicyclic) bond motifs is 5. The standard InChI is InChI=1S/C32H54O3/c1-20(2)21(3)8-9-22(4)27-12-13-28-26-11-10-24-18-25(35-30(34)23(5)19-33)14-16-31(24,6)29(26)15-17-32(27,28)7/h20-22,24-29,33H,5,8-19H2,1-4,6-7H3/t21-,22-,24+,25+,26+,27-,28+,29+,31+,32-/m1/s1. The van der Waals surface area contributed by atoms with Crippen LogP contribution in [0.4, 0.5) is 0 Å². The molecular formula is C32H54O3.